The number of aromatic amines is 1. The van der Waals surface area contributed by atoms with Crippen LogP contribution >= 0.6 is 0 Å². The van der Waals surface area contributed by atoms with Crippen molar-refractivity contribution in [2.75, 3.05) is 0 Å². The number of primary amides is 1. The molecule has 23 heavy (non-hydrogen) atoms. The maximum absolute atomic E-state index is 14.1. The first-order valence-electron chi connectivity index (χ1n) is 6.74. The Morgan fingerprint density at radius 1 is 1.22 bits per heavy atom. The van der Waals surface area contributed by atoms with E-state index in [4.69, 9.17) is 5.73 Å². The van der Waals surface area contributed by atoms with E-state index >= 15 is 0 Å². The molecule has 0 aliphatic heterocycles. The van der Waals surface area contributed by atoms with E-state index in [1.54, 1.807) is 13.0 Å². The number of aryl methyl sites for hydroxylation is 1. The lowest BCUT2D eigenvalue weighted by molar-refractivity contribution is 0.0996. The first-order chi connectivity index (χ1) is 10.9. The van der Waals surface area contributed by atoms with Gasteiger partial charge in [-0.05, 0) is 36.8 Å². The molecule has 4 nitrogen and oxygen atoms in total. The maximum atomic E-state index is 14.1. The van der Waals surface area contributed by atoms with E-state index in [-0.39, 0.29) is 11.3 Å². The van der Waals surface area contributed by atoms with Crippen molar-refractivity contribution >= 4 is 16.8 Å². The fourth-order valence-electron chi connectivity index (χ4n) is 2.66. The molecule has 114 valence electrons. The number of carbonyl (C=O) groups is 1. The molecular formula is C17H11F2N3O. The smallest absolute Gasteiger partial charge is 0.265 e. The second-order valence-corrected chi connectivity index (χ2v) is 5.17. The number of halogens is 2. The van der Waals surface area contributed by atoms with Crippen molar-refractivity contribution in [2.24, 2.45) is 5.73 Å². The van der Waals surface area contributed by atoms with Gasteiger partial charge >= 0.3 is 0 Å². The Labute approximate surface area is 130 Å². The van der Waals surface area contributed by atoms with E-state index in [0.29, 0.717) is 27.6 Å². The number of hydrogen-bond donors (Lipinski definition) is 2. The Morgan fingerprint density at radius 2 is 1.96 bits per heavy atom. The molecule has 0 unspecified atom stereocenters. The minimum Gasteiger partial charge on any atom is -0.364 e. The fraction of sp³-hybridized carbons (Fsp3) is 0.0588. The number of H-pyrrole nitrogens is 1. The zero-order valence-corrected chi connectivity index (χ0v) is 12.1. The highest BCUT2D eigenvalue weighted by molar-refractivity contribution is 6.05. The minimum atomic E-state index is -0.755. The van der Waals surface area contributed by atoms with Crippen LogP contribution in [-0.2, 0) is 0 Å². The zero-order valence-electron chi connectivity index (χ0n) is 12.1. The van der Waals surface area contributed by atoms with Gasteiger partial charge in [0.25, 0.3) is 5.91 Å². The lowest BCUT2D eigenvalue weighted by Crippen LogP contribution is -2.12. The van der Waals surface area contributed by atoms with E-state index in [1.807, 2.05) is 6.07 Å². The lowest BCUT2D eigenvalue weighted by atomic mass is 9.98. The van der Waals surface area contributed by atoms with Crippen LogP contribution in [0.25, 0.3) is 22.0 Å². The van der Waals surface area contributed by atoms with Gasteiger partial charge in [0, 0.05) is 22.6 Å². The van der Waals surface area contributed by atoms with Gasteiger partial charge in [0.1, 0.15) is 17.3 Å². The van der Waals surface area contributed by atoms with Gasteiger partial charge in [-0.2, -0.15) is 5.26 Å². The van der Waals surface area contributed by atoms with Crippen molar-refractivity contribution in [2.45, 2.75) is 6.92 Å². The summed E-state index contributed by atoms with van der Waals surface area (Å²) < 4.78 is 27.3. The molecular weight excluding hydrogens is 300 g/mol. The molecule has 1 amide bonds. The highest BCUT2D eigenvalue weighted by Gasteiger charge is 2.18. The monoisotopic (exact) mass is 311 g/mol. The van der Waals surface area contributed by atoms with Crippen LogP contribution < -0.4 is 5.73 Å². The van der Waals surface area contributed by atoms with Gasteiger partial charge in [0.05, 0.1) is 17.1 Å². The first-order valence-corrected chi connectivity index (χ1v) is 6.74. The van der Waals surface area contributed by atoms with Crippen molar-refractivity contribution in [1.29, 1.82) is 5.26 Å². The van der Waals surface area contributed by atoms with Crippen LogP contribution in [0.15, 0.2) is 30.3 Å². The normalized spacial score (nSPS) is 10.7. The predicted molar refractivity (Wildman–Crippen MR) is 81.6 cm³/mol. The number of aromatic nitrogens is 1. The molecule has 0 saturated heterocycles. The summed E-state index contributed by atoms with van der Waals surface area (Å²) in [5.41, 5.74) is 7.37. The van der Waals surface area contributed by atoms with Crippen LogP contribution in [0, 0.1) is 29.9 Å². The number of fused-ring (bicyclic) bond motifs is 1. The minimum absolute atomic E-state index is 0.130. The van der Waals surface area contributed by atoms with Crippen LogP contribution in [0.2, 0.25) is 0 Å². The van der Waals surface area contributed by atoms with Gasteiger partial charge in [0.2, 0.25) is 0 Å². The van der Waals surface area contributed by atoms with Crippen molar-refractivity contribution < 1.29 is 13.6 Å². The third-order valence-electron chi connectivity index (χ3n) is 3.76. The summed E-state index contributed by atoms with van der Waals surface area (Å²) in [6, 6.07) is 8.27. The van der Waals surface area contributed by atoms with Crippen LogP contribution in [-0.4, -0.2) is 10.9 Å². The fourth-order valence-corrected chi connectivity index (χ4v) is 2.66. The summed E-state index contributed by atoms with van der Waals surface area (Å²) in [5, 5.41) is 9.78. The van der Waals surface area contributed by atoms with E-state index < -0.39 is 17.5 Å². The van der Waals surface area contributed by atoms with Gasteiger partial charge in [-0.3, -0.25) is 4.79 Å². The summed E-state index contributed by atoms with van der Waals surface area (Å²) >= 11 is 0. The topological polar surface area (TPSA) is 82.7 Å². The highest BCUT2D eigenvalue weighted by Crippen LogP contribution is 2.34. The second-order valence-electron chi connectivity index (χ2n) is 5.17. The zero-order chi connectivity index (χ0) is 16.7. The molecule has 1 aromatic heterocycles. The molecule has 0 radical (unpaired) electrons. The average Bonchev–Trinajstić information content (AvgIpc) is 2.84. The highest BCUT2D eigenvalue weighted by atomic mass is 19.1. The molecule has 6 heteroatoms. The summed E-state index contributed by atoms with van der Waals surface area (Å²) in [6.07, 6.45) is 0. The van der Waals surface area contributed by atoms with E-state index in [1.165, 1.54) is 12.1 Å². The number of nitriles is 1. The third kappa shape index (κ3) is 2.32. The standard InChI is InChI=1S/C17H11F2N3O/c1-8-12-4-9(7-20)5-13(16(12)22-15(8)17(21)23)11-3-2-10(18)6-14(11)19/h2-6,22H,1H3,(H2,21,23). The van der Waals surface area contributed by atoms with Crippen LogP contribution in [0.5, 0.6) is 0 Å². The van der Waals surface area contributed by atoms with Crippen molar-refractivity contribution in [3.05, 3.63) is 58.8 Å². The van der Waals surface area contributed by atoms with Crippen LogP contribution in [0.1, 0.15) is 21.6 Å². The van der Waals surface area contributed by atoms with Crippen LogP contribution in [0.4, 0.5) is 8.78 Å². The molecule has 0 saturated carbocycles. The van der Waals surface area contributed by atoms with Crippen molar-refractivity contribution in [3.8, 4) is 17.2 Å². The molecule has 0 fully saturated rings. The average molecular weight is 311 g/mol. The Kier molecular flexibility index (Phi) is 3.34. The maximum Gasteiger partial charge on any atom is 0.265 e. The summed E-state index contributed by atoms with van der Waals surface area (Å²) in [6.45, 7) is 1.69. The van der Waals surface area contributed by atoms with Gasteiger partial charge in [-0.15, -0.1) is 0 Å². The SMILES string of the molecule is Cc1c(C(N)=O)[nH]c2c(-c3ccc(F)cc3F)cc(C#N)cc12. The quantitative estimate of drug-likeness (QED) is 0.760. The Hall–Kier alpha value is -3.20. The molecule has 3 aromatic rings. The van der Waals surface area contributed by atoms with Gasteiger partial charge < -0.3 is 10.7 Å². The van der Waals surface area contributed by atoms with Gasteiger partial charge in [0.15, 0.2) is 0 Å². The number of nitrogens with one attached hydrogen (secondary N) is 1. The molecule has 1 heterocycles. The van der Waals surface area contributed by atoms with Crippen molar-refractivity contribution in [1.82, 2.24) is 4.98 Å². The first kappa shape index (κ1) is 14.7. The van der Waals surface area contributed by atoms with Gasteiger partial charge in [-0.25, -0.2) is 8.78 Å². The van der Waals surface area contributed by atoms with E-state index in [2.05, 4.69) is 4.98 Å². The van der Waals surface area contributed by atoms with Gasteiger partial charge in [-0.1, -0.05) is 0 Å². The molecule has 3 rings (SSSR count). The molecule has 0 aliphatic carbocycles. The Bertz CT molecular complexity index is 999. The molecule has 0 atom stereocenters. The lowest BCUT2D eigenvalue weighted by Gasteiger charge is -2.07. The number of benzene rings is 2. The summed E-state index contributed by atoms with van der Waals surface area (Å²) in [4.78, 5) is 14.4. The van der Waals surface area contributed by atoms with Crippen molar-refractivity contribution in [3.63, 3.8) is 0 Å². The Morgan fingerprint density at radius 3 is 2.57 bits per heavy atom. The second kappa shape index (κ2) is 5.21. The number of amides is 1. The largest absolute Gasteiger partial charge is 0.364 e. The summed E-state index contributed by atoms with van der Waals surface area (Å²) in [5.74, 6) is -2.10. The molecule has 0 bridgehead atoms. The summed E-state index contributed by atoms with van der Waals surface area (Å²) in [7, 11) is 0. The number of carbonyl (C=O) groups excluding carboxylic acids is 1. The molecule has 0 aliphatic rings. The number of nitrogens with two attached hydrogens (primary N) is 1. The molecule has 0 spiro atoms. The number of hydrogen-bond acceptors (Lipinski definition) is 2. The Balaban J connectivity index is 2.42. The predicted octanol–water partition coefficient (Wildman–Crippen LogP) is 3.39. The van der Waals surface area contributed by atoms with E-state index in [9.17, 15) is 18.8 Å². The van der Waals surface area contributed by atoms with Crippen LogP contribution in [0.3, 0.4) is 0 Å². The third-order valence-corrected chi connectivity index (χ3v) is 3.76. The van der Waals surface area contributed by atoms with E-state index in [0.717, 1.165) is 12.1 Å². The molecule has 3 N–H and O–H groups in total. The molecule has 2 aromatic carbocycles. The number of nitrogens with zero attached hydrogens (tertiary/aromatic N) is 1. The number of rotatable bonds is 2.